The molecule has 4 nitrogen and oxygen atoms in total. The summed E-state index contributed by atoms with van der Waals surface area (Å²) in [6, 6.07) is 9.28. The van der Waals surface area contributed by atoms with Gasteiger partial charge in [0.25, 0.3) is 0 Å². The minimum absolute atomic E-state index is 0.105. The molecule has 1 aromatic carbocycles. The first kappa shape index (κ1) is 13.6. The second-order valence-electron chi connectivity index (χ2n) is 5.29. The summed E-state index contributed by atoms with van der Waals surface area (Å²) in [7, 11) is 0. The van der Waals surface area contributed by atoms with E-state index in [-0.39, 0.29) is 12.3 Å². The maximum absolute atomic E-state index is 11.7. The first-order chi connectivity index (χ1) is 9.04. The highest BCUT2D eigenvalue weighted by Gasteiger charge is 2.43. The van der Waals surface area contributed by atoms with E-state index in [4.69, 9.17) is 5.11 Å². The smallest absolute Gasteiger partial charge is 0.314 e. The molecule has 1 aromatic rings. The van der Waals surface area contributed by atoms with Crippen molar-refractivity contribution in [1.82, 2.24) is 0 Å². The zero-order chi connectivity index (χ0) is 13.9. The molecule has 2 rings (SSSR count). The molecule has 0 spiro atoms. The van der Waals surface area contributed by atoms with E-state index >= 15 is 0 Å². The zero-order valence-corrected chi connectivity index (χ0v) is 10.7. The van der Waals surface area contributed by atoms with Crippen LogP contribution in [0.3, 0.4) is 0 Å². The Morgan fingerprint density at radius 1 is 1.11 bits per heavy atom. The van der Waals surface area contributed by atoms with Crippen molar-refractivity contribution in [1.29, 1.82) is 0 Å². The first-order valence-electron chi connectivity index (χ1n) is 6.55. The van der Waals surface area contributed by atoms with Crippen molar-refractivity contribution >= 4 is 11.9 Å². The standard InChI is InChI=1S/C15H18O4/c16-13(17)10-11-6-8-15(9-7-11,14(18)19)12-4-2-1-3-5-12/h1-5,11H,6-10H2,(H,16,17)(H,18,19). The molecule has 0 saturated heterocycles. The summed E-state index contributed by atoms with van der Waals surface area (Å²) in [5.41, 5.74) is -0.00716. The molecule has 4 heteroatoms. The third-order valence-electron chi connectivity index (χ3n) is 4.16. The van der Waals surface area contributed by atoms with E-state index in [1.54, 1.807) is 0 Å². The Kier molecular flexibility index (Phi) is 3.88. The second-order valence-corrected chi connectivity index (χ2v) is 5.29. The average molecular weight is 262 g/mol. The van der Waals surface area contributed by atoms with Crippen molar-refractivity contribution in [2.45, 2.75) is 37.5 Å². The van der Waals surface area contributed by atoms with E-state index in [1.165, 1.54) is 0 Å². The molecule has 0 amide bonds. The van der Waals surface area contributed by atoms with Gasteiger partial charge in [-0.25, -0.2) is 0 Å². The van der Waals surface area contributed by atoms with Crippen molar-refractivity contribution in [3.63, 3.8) is 0 Å². The molecule has 1 aliphatic carbocycles. The van der Waals surface area contributed by atoms with Gasteiger partial charge in [0.2, 0.25) is 0 Å². The van der Waals surface area contributed by atoms with Crippen molar-refractivity contribution in [2.75, 3.05) is 0 Å². The van der Waals surface area contributed by atoms with Crippen LogP contribution < -0.4 is 0 Å². The van der Waals surface area contributed by atoms with Crippen molar-refractivity contribution in [3.05, 3.63) is 35.9 Å². The highest BCUT2D eigenvalue weighted by Crippen LogP contribution is 2.42. The van der Waals surface area contributed by atoms with E-state index < -0.39 is 17.4 Å². The van der Waals surface area contributed by atoms with Crippen LogP contribution in [0.4, 0.5) is 0 Å². The van der Waals surface area contributed by atoms with Crippen LogP contribution >= 0.6 is 0 Å². The van der Waals surface area contributed by atoms with Gasteiger partial charge in [-0.2, -0.15) is 0 Å². The molecular formula is C15H18O4. The van der Waals surface area contributed by atoms with Crippen molar-refractivity contribution in [3.8, 4) is 0 Å². The molecule has 0 radical (unpaired) electrons. The number of carboxylic acids is 2. The number of carboxylic acid groups (broad SMARTS) is 2. The normalized spacial score (nSPS) is 26.8. The quantitative estimate of drug-likeness (QED) is 0.874. The van der Waals surface area contributed by atoms with Crippen LogP contribution in [0.15, 0.2) is 30.3 Å². The minimum Gasteiger partial charge on any atom is -0.481 e. The zero-order valence-electron chi connectivity index (χ0n) is 10.7. The van der Waals surface area contributed by atoms with Gasteiger partial charge in [0, 0.05) is 6.42 Å². The first-order valence-corrected chi connectivity index (χ1v) is 6.55. The van der Waals surface area contributed by atoms with Gasteiger partial charge < -0.3 is 10.2 Å². The fourth-order valence-corrected chi connectivity index (χ4v) is 3.00. The van der Waals surface area contributed by atoms with Gasteiger partial charge in [-0.1, -0.05) is 30.3 Å². The van der Waals surface area contributed by atoms with Crippen molar-refractivity contribution < 1.29 is 19.8 Å². The Morgan fingerprint density at radius 3 is 2.16 bits per heavy atom. The molecule has 2 N–H and O–H groups in total. The maximum Gasteiger partial charge on any atom is 0.314 e. The molecule has 1 aliphatic rings. The molecule has 1 fully saturated rings. The van der Waals surface area contributed by atoms with Gasteiger partial charge in [0.05, 0.1) is 5.41 Å². The summed E-state index contributed by atoms with van der Waals surface area (Å²) in [6.45, 7) is 0. The molecule has 19 heavy (non-hydrogen) atoms. The van der Waals surface area contributed by atoms with E-state index in [1.807, 2.05) is 30.3 Å². The molecule has 0 bridgehead atoms. The van der Waals surface area contributed by atoms with Crippen LogP contribution in [-0.4, -0.2) is 22.2 Å². The van der Waals surface area contributed by atoms with E-state index in [0.29, 0.717) is 25.7 Å². The van der Waals surface area contributed by atoms with Crippen LogP contribution in [0.1, 0.15) is 37.7 Å². The number of aliphatic carboxylic acids is 2. The lowest BCUT2D eigenvalue weighted by molar-refractivity contribution is -0.145. The van der Waals surface area contributed by atoms with E-state index in [2.05, 4.69) is 0 Å². The highest BCUT2D eigenvalue weighted by atomic mass is 16.4. The second kappa shape index (κ2) is 5.43. The van der Waals surface area contributed by atoms with Crippen LogP contribution in [-0.2, 0) is 15.0 Å². The third-order valence-corrected chi connectivity index (χ3v) is 4.16. The summed E-state index contributed by atoms with van der Waals surface area (Å²) in [5.74, 6) is -1.49. The Labute approximate surface area is 112 Å². The van der Waals surface area contributed by atoms with E-state index in [9.17, 15) is 14.7 Å². The monoisotopic (exact) mass is 262 g/mol. The number of hydrogen-bond acceptors (Lipinski definition) is 2. The molecule has 1 saturated carbocycles. The summed E-state index contributed by atoms with van der Waals surface area (Å²) in [5, 5.41) is 18.4. The SMILES string of the molecule is O=C(O)CC1CCC(C(=O)O)(c2ccccc2)CC1. The maximum atomic E-state index is 11.7. The molecule has 102 valence electrons. The number of benzene rings is 1. The molecule has 0 unspecified atom stereocenters. The molecule has 0 heterocycles. The fraction of sp³-hybridized carbons (Fsp3) is 0.467. The summed E-state index contributed by atoms with van der Waals surface area (Å²) in [6.07, 6.45) is 2.50. The van der Waals surface area contributed by atoms with Crippen LogP contribution in [0.25, 0.3) is 0 Å². The predicted molar refractivity (Wildman–Crippen MR) is 70.0 cm³/mol. The van der Waals surface area contributed by atoms with Gasteiger partial charge in [-0.3, -0.25) is 9.59 Å². The predicted octanol–water partition coefficient (Wildman–Crippen LogP) is 2.67. The topological polar surface area (TPSA) is 74.6 Å². The third kappa shape index (κ3) is 2.78. The highest BCUT2D eigenvalue weighted by molar-refractivity contribution is 5.81. The molecular weight excluding hydrogens is 244 g/mol. The number of carbonyl (C=O) groups is 2. The van der Waals surface area contributed by atoms with Crippen molar-refractivity contribution in [2.24, 2.45) is 5.92 Å². The minimum atomic E-state index is -0.837. The fourth-order valence-electron chi connectivity index (χ4n) is 3.00. The summed E-state index contributed by atoms with van der Waals surface area (Å²) < 4.78 is 0. The Morgan fingerprint density at radius 2 is 1.68 bits per heavy atom. The summed E-state index contributed by atoms with van der Waals surface area (Å²) in [4.78, 5) is 22.4. The largest absolute Gasteiger partial charge is 0.481 e. The van der Waals surface area contributed by atoms with Gasteiger partial charge in [0.1, 0.15) is 0 Å². The van der Waals surface area contributed by atoms with Crippen LogP contribution in [0.5, 0.6) is 0 Å². The van der Waals surface area contributed by atoms with Gasteiger partial charge in [-0.05, 0) is 37.2 Å². The Bertz CT molecular complexity index is 458. The molecule has 0 aromatic heterocycles. The molecule has 0 atom stereocenters. The van der Waals surface area contributed by atoms with E-state index in [0.717, 1.165) is 5.56 Å². The van der Waals surface area contributed by atoms with Crippen LogP contribution in [0, 0.1) is 5.92 Å². The van der Waals surface area contributed by atoms with Gasteiger partial charge in [-0.15, -0.1) is 0 Å². The lowest BCUT2D eigenvalue weighted by atomic mass is 9.66. The number of hydrogen-bond donors (Lipinski definition) is 2. The van der Waals surface area contributed by atoms with Gasteiger partial charge in [0.15, 0.2) is 0 Å². The lowest BCUT2D eigenvalue weighted by Gasteiger charge is -2.36. The average Bonchev–Trinajstić information content (AvgIpc) is 2.40. The van der Waals surface area contributed by atoms with Gasteiger partial charge >= 0.3 is 11.9 Å². The summed E-state index contributed by atoms with van der Waals surface area (Å²) >= 11 is 0. The Balaban J connectivity index is 2.17. The molecule has 0 aliphatic heterocycles. The Hall–Kier alpha value is -1.84. The lowest BCUT2D eigenvalue weighted by Crippen LogP contribution is -2.39. The van der Waals surface area contributed by atoms with Crippen LogP contribution in [0.2, 0.25) is 0 Å². The number of rotatable bonds is 4.